The quantitative estimate of drug-likeness (QED) is 0.740. The SMILES string of the molecule is Cc1cnn(C2CCN(C(=O)C(=O)NC(COc3ccccc3F)C(C)(C)C)CC2)c1. The molecule has 0 saturated carbocycles. The van der Waals surface area contributed by atoms with Crippen molar-refractivity contribution in [3.63, 3.8) is 0 Å². The van der Waals surface area contributed by atoms with Crippen molar-refractivity contribution in [3.8, 4) is 5.75 Å². The molecule has 1 fully saturated rings. The number of nitrogens with zero attached hydrogens (tertiary/aromatic N) is 3. The van der Waals surface area contributed by atoms with Crippen LogP contribution in [0, 0.1) is 18.2 Å². The van der Waals surface area contributed by atoms with E-state index in [1.165, 1.54) is 12.1 Å². The van der Waals surface area contributed by atoms with Crippen LogP contribution in [0.3, 0.4) is 0 Å². The second kappa shape index (κ2) is 9.49. The van der Waals surface area contributed by atoms with Crippen molar-refractivity contribution < 1.29 is 18.7 Å². The van der Waals surface area contributed by atoms with Gasteiger partial charge in [0.2, 0.25) is 0 Å². The summed E-state index contributed by atoms with van der Waals surface area (Å²) in [5.41, 5.74) is 0.718. The van der Waals surface area contributed by atoms with Crippen LogP contribution in [0.15, 0.2) is 36.7 Å². The average molecular weight is 431 g/mol. The Morgan fingerprint density at radius 1 is 1.26 bits per heavy atom. The highest BCUT2D eigenvalue weighted by Crippen LogP contribution is 2.24. The smallest absolute Gasteiger partial charge is 0.311 e. The van der Waals surface area contributed by atoms with Gasteiger partial charge in [0.05, 0.1) is 18.3 Å². The van der Waals surface area contributed by atoms with Crippen LogP contribution in [0.5, 0.6) is 5.75 Å². The molecule has 1 aromatic carbocycles. The molecular formula is C23H31FN4O3. The first-order chi connectivity index (χ1) is 14.6. The molecule has 1 aromatic heterocycles. The summed E-state index contributed by atoms with van der Waals surface area (Å²) in [6.45, 7) is 8.86. The number of aromatic nitrogens is 2. The summed E-state index contributed by atoms with van der Waals surface area (Å²) in [7, 11) is 0. The first kappa shape index (κ1) is 22.8. The molecule has 3 rings (SSSR count). The number of hydrogen-bond acceptors (Lipinski definition) is 4. The van der Waals surface area contributed by atoms with E-state index in [9.17, 15) is 14.0 Å². The van der Waals surface area contributed by atoms with Crippen LogP contribution in [0.25, 0.3) is 0 Å². The number of hydrogen-bond donors (Lipinski definition) is 1. The highest BCUT2D eigenvalue weighted by Gasteiger charge is 2.33. The van der Waals surface area contributed by atoms with E-state index in [-0.39, 0.29) is 23.8 Å². The molecule has 2 amide bonds. The van der Waals surface area contributed by atoms with Crippen molar-refractivity contribution in [1.29, 1.82) is 0 Å². The zero-order chi connectivity index (χ0) is 22.6. The summed E-state index contributed by atoms with van der Waals surface area (Å²) >= 11 is 0. The highest BCUT2D eigenvalue weighted by molar-refractivity contribution is 6.35. The molecule has 2 aromatic rings. The Hall–Kier alpha value is -2.90. The third-order valence-electron chi connectivity index (χ3n) is 5.64. The van der Waals surface area contributed by atoms with E-state index >= 15 is 0 Å². The van der Waals surface area contributed by atoms with Crippen molar-refractivity contribution in [2.75, 3.05) is 19.7 Å². The van der Waals surface area contributed by atoms with Gasteiger partial charge in [0.15, 0.2) is 11.6 Å². The number of carbonyl (C=O) groups is 2. The Morgan fingerprint density at radius 3 is 2.52 bits per heavy atom. The molecule has 0 radical (unpaired) electrons. The summed E-state index contributed by atoms with van der Waals surface area (Å²) in [5.74, 6) is -1.55. The van der Waals surface area contributed by atoms with Gasteiger partial charge in [-0.3, -0.25) is 14.3 Å². The predicted octanol–water partition coefficient (Wildman–Crippen LogP) is 3.10. The third kappa shape index (κ3) is 5.83. The highest BCUT2D eigenvalue weighted by atomic mass is 19.1. The van der Waals surface area contributed by atoms with E-state index in [0.717, 1.165) is 18.4 Å². The molecule has 0 spiro atoms. The average Bonchev–Trinajstić information content (AvgIpc) is 3.17. The van der Waals surface area contributed by atoms with Crippen molar-refractivity contribution in [3.05, 3.63) is 48.0 Å². The predicted molar refractivity (Wildman–Crippen MR) is 115 cm³/mol. The van der Waals surface area contributed by atoms with E-state index < -0.39 is 23.7 Å². The summed E-state index contributed by atoms with van der Waals surface area (Å²) in [6.07, 6.45) is 5.32. The molecule has 31 heavy (non-hydrogen) atoms. The molecule has 0 aliphatic carbocycles. The number of likely N-dealkylation sites (tertiary alicyclic amines) is 1. The number of halogens is 1. The van der Waals surface area contributed by atoms with Gasteiger partial charge in [0, 0.05) is 19.3 Å². The molecule has 7 nitrogen and oxygen atoms in total. The van der Waals surface area contributed by atoms with Gasteiger partial charge in [-0.1, -0.05) is 32.9 Å². The molecule has 1 saturated heterocycles. The minimum atomic E-state index is -0.662. The maximum atomic E-state index is 13.8. The zero-order valence-electron chi connectivity index (χ0n) is 18.6. The van der Waals surface area contributed by atoms with Gasteiger partial charge in [-0.15, -0.1) is 0 Å². The Bertz CT molecular complexity index is 914. The minimum absolute atomic E-state index is 0.0597. The van der Waals surface area contributed by atoms with Gasteiger partial charge in [0.1, 0.15) is 6.61 Å². The lowest BCUT2D eigenvalue weighted by atomic mass is 9.87. The molecule has 1 aliphatic rings. The molecule has 2 heterocycles. The molecule has 0 bridgehead atoms. The van der Waals surface area contributed by atoms with Crippen LogP contribution in [0.2, 0.25) is 0 Å². The first-order valence-electron chi connectivity index (χ1n) is 10.6. The molecule has 168 valence electrons. The number of aryl methyl sites for hydroxylation is 1. The lowest BCUT2D eigenvalue weighted by Gasteiger charge is -2.34. The van der Waals surface area contributed by atoms with E-state index in [1.807, 2.05) is 44.8 Å². The van der Waals surface area contributed by atoms with Gasteiger partial charge < -0.3 is 15.0 Å². The van der Waals surface area contributed by atoms with E-state index in [1.54, 1.807) is 17.0 Å². The van der Waals surface area contributed by atoms with Crippen LogP contribution in [-0.4, -0.2) is 52.2 Å². The number of nitrogens with one attached hydrogen (secondary N) is 1. The van der Waals surface area contributed by atoms with Gasteiger partial charge in [-0.2, -0.15) is 5.10 Å². The largest absolute Gasteiger partial charge is 0.488 e. The molecule has 1 unspecified atom stereocenters. The van der Waals surface area contributed by atoms with E-state index in [0.29, 0.717) is 13.1 Å². The Balaban J connectivity index is 1.56. The summed E-state index contributed by atoms with van der Waals surface area (Å²) < 4.78 is 21.4. The maximum absolute atomic E-state index is 13.8. The lowest BCUT2D eigenvalue weighted by Crippen LogP contribution is -2.53. The molecule has 8 heteroatoms. The topological polar surface area (TPSA) is 76.5 Å². The van der Waals surface area contributed by atoms with Gasteiger partial charge in [-0.05, 0) is 42.9 Å². The third-order valence-corrected chi connectivity index (χ3v) is 5.64. The van der Waals surface area contributed by atoms with Crippen LogP contribution < -0.4 is 10.1 Å². The normalized spacial score (nSPS) is 16.1. The number of carbonyl (C=O) groups excluding carboxylic acids is 2. The van der Waals surface area contributed by atoms with Gasteiger partial charge in [-0.25, -0.2) is 4.39 Å². The summed E-state index contributed by atoms with van der Waals surface area (Å²) in [6, 6.07) is 5.89. The van der Waals surface area contributed by atoms with Crippen LogP contribution in [0.4, 0.5) is 4.39 Å². The fourth-order valence-corrected chi connectivity index (χ4v) is 3.57. The molecular weight excluding hydrogens is 399 g/mol. The Kier molecular flexibility index (Phi) is 6.97. The number of ether oxygens (including phenoxy) is 1. The second-order valence-electron chi connectivity index (χ2n) is 9.15. The minimum Gasteiger partial charge on any atom is -0.488 e. The fourth-order valence-electron chi connectivity index (χ4n) is 3.57. The monoisotopic (exact) mass is 430 g/mol. The standard InChI is InChI=1S/C23H31FN4O3/c1-16-13-25-28(14-16)17-9-11-27(12-10-17)22(30)21(29)26-20(23(2,3)4)15-31-19-8-6-5-7-18(19)24/h5-8,13-14,17,20H,9-12,15H2,1-4H3,(H,26,29). The van der Waals surface area contributed by atoms with Gasteiger partial charge in [0.25, 0.3) is 0 Å². The molecule has 1 atom stereocenters. The fraction of sp³-hybridized carbons (Fsp3) is 0.522. The molecule has 1 N–H and O–H groups in total. The second-order valence-corrected chi connectivity index (χ2v) is 9.15. The zero-order valence-corrected chi connectivity index (χ0v) is 18.6. The first-order valence-corrected chi connectivity index (χ1v) is 10.6. The van der Waals surface area contributed by atoms with Crippen molar-refractivity contribution in [2.45, 2.75) is 52.6 Å². The maximum Gasteiger partial charge on any atom is 0.311 e. The van der Waals surface area contributed by atoms with Crippen molar-refractivity contribution in [1.82, 2.24) is 20.0 Å². The Morgan fingerprint density at radius 2 is 1.94 bits per heavy atom. The number of para-hydroxylation sites is 1. The van der Waals surface area contributed by atoms with Crippen LogP contribution >= 0.6 is 0 Å². The summed E-state index contributed by atoms with van der Waals surface area (Å²) in [5, 5.41) is 7.15. The number of amides is 2. The van der Waals surface area contributed by atoms with E-state index in [2.05, 4.69) is 10.4 Å². The van der Waals surface area contributed by atoms with Gasteiger partial charge >= 0.3 is 11.8 Å². The molecule has 1 aliphatic heterocycles. The lowest BCUT2D eigenvalue weighted by molar-refractivity contribution is -0.147. The summed E-state index contributed by atoms with van der Waals surface area (Å²) in [4.78, 5) is 27.0. The van der Waals surface area contributed by atoms with E-state index in [4.69, 9.17) is 4.74 Å². The number of rotatable bonds is 5. The van der Waals surface area contributed by atoms with Crippen LogP contribution in [-0.2, 0) is 9.59 Å². The van der Waals surface area contributed by atoms with Crippen LogP contribution in [0.1, 0.15) is 45.2 Å². The van der Waals surface area contributed by atoms with Crippen molar-refractivity contribution >= 4 is 11.8 Å². The Labute approximate surface area is 182 Å². The number of piperidine rings is 1. The van der Waals surface area contributed by atoms with Crippen molar-refractivity contribution in [2.24, 2.45) is 5.41 Å². The number of benzene rings is 1.